The van der Waals surface area contributed by atoms with E-state index in [1.807, 2.05) is 12.1 Å². The molecule has 0 saturated heterocycles. The molecule has 70 valence electrons. The zero-order valence-corrected chi connectivity index (χ0v) is 7.65. The fraction of sp³-hybridized carbons (Fsp3) is 0.500. The summed E-state index contributed by atoms with van der Waals surface area (Å²) in [6.07, 6.45) is 8.09. The third-order valence-electron chi connectivity index (χ3n) is 1.94. The van der Waals surface area contributed by atoms with E-state index >= 15 is 0 Å². The summed E-state index contributed by atoms with van der Waals surface area (Å²) in [5.74, 6) is 0. The molecule has 0 amide bonds. The van der Waals surface area contributed by atoms with E-state index < -0.39 is 0 Å². The van der Waals surface area contributed by atoms with Gasteiger partial charge in [0.15, 0.2) is 0 Å². The Morgan fingerprint density at radius 3 is 2.62 bits per heavy atom. The first-order valence-electron chi connectivity index (χ1n) is 4.59. The maximum absolute atomic E-state index is 9.66. The molecule has 3 nitrogen and oxygen atoms in total. The summed E-state index contributed by atoms with van der Waals surface area (Å²) >= 11 is 0. The summed E-state index contributed by atoms with van der Waals surface area (Å²) in [5, 5.41) is 12.2. The van der Waals surface area contributed by atoms with Crippen molar-refractivity contribution in [3.8, 4) is 6.07 Å². The third-order valence-corrected chi connectivity index (χ3v) is 1.94. The lowest BCUT2D eigenvalue weighted by molar-refractivity contribution is 0.594. The molecule has 0 bridgehead atoms. The van der Waals surface area contributed by atoms with E-state index in [-0.39, 0.29) is 0 Å². The molecule has 1 rings (SSSR count). The lowest BCUT2D eigenvalue weighted by Gasteiger charge is -2.00. The van der Waals surface area contributed by atoms with E-state index in [1.54, 1.807) is 0 Å². The Morgan fingerprint density at radius 2 is 1.92 bits per heavy atom. The number of rotatable bonds is 5. The molecule has 0 fully saturated rings. The van der Waals surface area contributed by atoms with Gasteiger partial charge in [-0.3, -0.25) is 0 Å². The second-order valence-corrected chi connectivity index (χ2v) is 2.98. The smallest absolute Gasteiger partial charge is 0.298 e. The Kier molecular flexibility index (Phi) is 4.55. The first kappa shape index (κ1) is 9.66. The van der Waals surface area contributed by atoms with Crippen LogP contribution in [0.5, 0.6) is 0 Å². The summed E-state index contributed by atoms with van der Waals surface area (Å²) in [4.78, 5) is 0. The predicted molar refractivity (Wildman–Crippen MR) is 53.5 cm³/mol. The van der Waals surface area contributed by atoms with Gasteiger partial charge in [-0.05, 0) is 25.0 Å². The van der Waals surface area contributed by atoms with Crippen LogP contribution in [-0.4, -0.2) is 4.57 Å². The molecule has 13 heavy (non-hydrogen) atoms. The van der Waals surface area contributed by atoms with Crippen molar-refractivity contribution in [1.82, 2.24) is 4.57 Å². The molecule has 0 unspecified atom stereocenters. The normalized spacial score (nSPS) is 9.23. The zero-order chi connectivity index (χ0) is 9.36. The Bertz CT molecular complexity index is 269. The molecule has 0 aliphatic heterocycles. The van der Waals surface area contributed by atoms with E-state index in [1.165, 1.54) is 0 Å². The average Bonchev–Trinajstić information content (AvgIpc) is 2.63. The van der Waals surface area contributed by atoms with E-state index in [0.29, 0.717) is 6.42 Å². The molecular formula is C10H14N2O. The van der Waals surface area contributed by atoms with Gasteiger partial charge in [0, 0.05) is 23.9 Å². The van der Waals surface area contributed by atoms with Gasteiger partial charge in [0.05, 0.1) is 6.42 Å². The maximum Gasteiger partial charge on any atom is 0.298 e. The largest absolute Gasteiger partial charge is 0.498 e. The molecular weight excluding hydrogens is 164 g/mol. The topological polar surface area (TPSA) is 32.3 Å². The fourth-order valence-corrected chi connectivity index (χ4v) is 1.24. The van der Waals surface area contributed by atoms with Crippen LogP contribution in [0, 0.1) is 11.3 Å². The van der Waals surface area contributed by atoms with Gasteiger partial charge in [0.1, 0.15) is 0 Å². The molecule has 0 spiro atoms. The third kappa shape index (κ3) is 4.22. The standard InChI is InChI=1S/C10H14N2O/c13-11-7-3-1-2-4-8-12-9-5-6-10-12/h5-6,9-10H,1-4,8H2. The highest BCUT2D eigenvalue weighted by Gasteiger charge is 1.91. The minimum absolute atomic E-state index is 0.690. The molecule has 0 atom stereocenters. The van der Waals surface area contributed by atoms with Gasteiger partial charge in [0.2, 0.25) is 0 Å². The maximum atomic E-state index is 9.66. The van der Waals surface area contributed by atoms with Gasteiger partial charge in [-0.2, -0.15) is 0 Å². The van der Waals surface area contributed by atoms with Crippen LogP contribution in [0.3, 0.4) is 0 Å². The number of hydrogen-bond acceptors (Lipinski definition) is 1. The molecule has 0 radical (unpaired) electrons. The first-order valence-corrected chi connectivity index (χ1v) is 4.59. The van der Waals surface area contributed by atoms with E-state index in [9.17, 15) is 5.21 Å². The van der Waals surface area contributed by atoms with Crippen LogP contribution >= 0.6 is 0 Å². The van der Waals surface area contributed by atoms with Crippen LogP contribution in [0.15, 0.2) is 24.5 Å². The van der Waals surface area contributed by atoms with Gasteiger partial charge in [-0.25, -0.2) is 0 Å². The van der Waals surface area contributed by atoms with Crippen LogP contribution in [0.2, 0.25) is 0 Å². The van der Waals surface area contributed by atoms with Crippen LogP contribution in [-0.2, 0) is 6.54 Å². The first-order chi connectivity index (χ1) is 6.43. The SMILES string of the molecule is [O-][N+]#CCCCCCn1cccc1. The summed E-state index contributed by atoms with van der Waals surface area (Å²) in [6, 6.07) is 6.46. The van der Waals surface area contributed by atoms with Gasteiger partial charge >= 0.3 is 0 Å². The van der Waals surface area contributed by atoms with Crippen molar-refractivity contribution in [3.05, 3.63) is 34.7 Å². The second kappa shape index (κ2) is 6.13. The fourth-order valence-electron chi connectivity index (χ4n) is 1.24. The highest BCUT2D eigenvalue weighted by atomic mass is 16.4. The Hall–Kier alpha value is -1.43. The van der Waals surface area contributed by atoms with Crippen molar-refractivity contribution in [2.75, 3.05) is 0 Å². The minimum atomic E-state index is 0.690. The van der Waals surface area contributed by atoms with Crippen molar-refractivity contribution in [1.29, 1.82) is 0 Å². The lowest BCUT2D eigenvalue weighted by atomic mass is 10.2. The summed E-state index contributed by atoms with van der Waals surface area (Å²) in [7, 11) is 0. The number of aryl methyl sites for hydroxylation is 1. The van der Waals surface area contributed by atoms with Gasteiger partial charge in [0.25, 0.3) is 6.07 Å². The molecule has 1 heterocycles. The summed E-state index contributed by atoms with van der Waals surface area (Å²) in [5.41, 5.74) is 0. The zero-order valence-electron chi connectivity index (χ0n) is 7.65. The minimum Gasteiger partial charge on any atom is -0.498 e. The van der Waals surface area contributed by atoms with Crippen LogP contribution < -0.4 is 0 Å². The van der Waals surface area contributed by atoms with Crippen molar-refractivity contribution >= 4 is 0 Å². The number of hydrogen-bond donors (Lipinski definition) is 0. The Morgan fingerprint density at radius 1 is 1.15 bits per heavy atom. The van der Waals surface area contributed by atoms with Gasteiger partial charge in [-0.15, -0.1) is 0 Å². The van der Waals surface area contributed by atoms with Crippen LogP contribution in [0.1, 0.15) is 25.7 Å². The summed E-state index contributed by atoms with van der Waals surface area (Å²) < 4.78 is 2.16. The number of aromatic nitrogens is 1. The quantitative estimate of drug-likeness (QED) is 0.504. The average molecular weight is 178 g/mol. The Labute approximate surface area is 78.4 Å². The Balaban J connectivity index is 1.98. The van der Waals surface area contributed by atoms with Crippen molar-refractivity contribution in [2.45, 2.75) is 32.2 Å². The predicted octanol–water partition coefficient (Wildman–Crippen LogP) is 2.88. The molecule has 1 aromatic rings. The summed E-state index contributed by atoms with van der Waals surface area (Å²) in [6.45, 7) is 1.06. The molecule has 0 N–H and O–H groups in total. The highest BCUT2D eigenvalue weighted by Crippen LogP contribution is 2.02. The van der Waals surface area contributed by atoms with Gasteiger partial charge < -0.3 is 9.77 Å². The molecule has 0 aromatic carbocycles. The van der Waals surface area contributed by atoms with Crippen molar-refractivity contribution in [2.24, 2.45) is 0 Å². The van der Waals surface area contributed by atoms with E-state index in [0.717, 1.165) is 25.8 Å². The van der Waals surface area contributed by atoms with Crippen LogP contribution in [0.4, 0.5) is 0 Å². The van der Waals surface area contributed by atoms with Crippen molar-refractivity contribution < 1.29 is 0 Å². The highest BCUT2D eigenvalue weighted by molar-refractivity contribution is 4.90. The molecule has 3 heteroatoms. The van der Waals surface area contributed by atoms with Crippen LogP contribution in [0.25, 0.3) is 5.01 Å². The molecule has 1 aromatic heterocycles. The van der Waals surface area contributed by atoms with E-state index in [2.05, 4.69) is 28.0 Å². The monoisotopic (exact) mass is 178 g/mol. The molecule has 0 saturated carbocycles. The number of nitrogens with zero attached hydrogens (tertiary/aromatic N) is 2. The molecule has 0 aliphatic carbocycles. The van der Waals surface area contributed by atoms with Gasteiger partial charge in [-0.1, -0.05) is 6.42 Å². The second-order valence-electron chi connectivity index (χ2n) is 2.98. The van der Waals surface area contributed by atoms with E-state index in [4.69, 9.17) is 0 Å². The number of unbranched alkanes of at least 4 members (excludes halogenated alkanes) is 3. The van der Waals surface area contributed by atoms with Crippen molar-refractivity contribution in [3.63, 3.8) is 0 Å². The lowest BCUT2D eigenvalue weighted by Crippen LogP contribution is -1.93. The molecule has 0 aliphatic rings.